The molecule has 4 rings (SSSR count). The van der Waals surface area contributed by atoms with E-state index in [-0.39, 0.29) is 23.5 Å². The maximum atomic E-state index is 12.9. The van der Waals surface area contributed by atoms with E-state index < -0.39 is 0 Å². The van der Waals surface area contributed by atoms with Crippen LogP contribution in [0.3, 0.4) is 0 Å². The molecule has 0 radical (unpaired) electrons. The second kappa shape index (κ2) is 8.59. The van der Waals surface area contributed by atoms with Gasteiger partial charge in [0.25, 0.3) is 5.91 Å². The molecule has 152 valence electrons. The Hall–Kier alpha value is -2.31. The van der Waals surface area contributed by atoms with Crippen LogP contribution in [0.5, 0.6) is 11.5 Å². The van der Waals surface area contributed by atoms with Gasteiger partial charge in [0.1, 0.15) is 23.1 Å². The number of rotatable bonds is 4. The maximum absolute atomic E-state index is 12.9. The number of aromatic nitrogens is 1. The van der Waals surface area contributed by atoms with Gasteiger partial charge < -0.3 is 14.4 Å². The summed E-state index contributed by atoms with van der Waals surface area (Å²) in [7, 11) is 0. The third-order valence-electron chi connectivity index (χ3n) is 5.27. The van der Waals surface area contributed by atoms with Crippen LogP contribution in [0.15, 0.2) is 30.5 Å². The molecular formula is C21H20Cl2N2O4. The van der Waals surface area contributed by atoms with E-state index in [0.29, 0.717) is 54.1 Å². The number of carbonyl (C=O) groups is 2. The van der Waals surface area contributed by atoms with Gasteiger partial charge in [-0.05, 0) is 37.0 Å². The Labute approximate surface area is 178 Å². The molecule has 1 fully saturated rings. The van der Waals surface area contributed by atoms with E-state index in [9.17, 15) is 9.59 Å². The topological polar surface area (TPSA) is 68.7 Å². The number of carbonyl (C=O) groups excluding carboxylic acids is 2. The zero-order valence-corrected chi connectivity index (χ0v) is 17.2. The van der Waals surface area contributed by atoms with Crippen molar-refractivity contribution in [3.8, 4) is 11.5 Å². The van der Waals surface area contributed by atoms with Crippen molar-refractivity contribution >= 4 is 34.9 Å². The van der Waals surface area contributed by atoms with E-state index in [1.165, 1.54) is 0 Å². The third-order valence-corrected chi connectivity index (χ3v) is 6.02. The molecule has 2 aliphatic rings. The Morgan fingerprint density at radius 3 is 2.83 bits per heavy atom. The Morgan fingerprint density at radius 2 is 2.03 bits per heavy atom. The van der Waals surface area contributed by atoms with Crippen molar-refractivity contribution in [2.24, 2.45) is 5.92 Å². The first-order chi connectivity index (χ1) is 14.0. The molecule has 3 heterocycles. The predicted molar refractivity (Wildman–Crippen MR) is 109 cm³/mol. The number of piperidine rings is 1. The van der Waals surface area contributed by atoms with Gasteiger partial charge in [-0.25, -0.2) is 4.98 Å². The van der Waals surface area contributed by atoms with Crippen LogP contribution in [-0.2, 0) is 11.2 Å². The van der Waals surface area contributed by atoms with Gasteiger partial charge in [0, 0.05) is 42.9 Å². The molecule has 1 aromatic carbocycles. The molecule has 0 N–H and O–H groups in total. The average molecular weight is 435 g/mol. The normalized spacial score (nSPS) is 16.9. The Balaban J connectivity index is 1.32. The lowest BCUT2D eigenvalue weighted by Gasteiger charge is -2.32. The number of likely N-dealkylation sites (tertiary alicyclic amines) is 1. The summed E-state index contributed by atoms with van der Waals surface area (Å²) >= 11 is 12.0. The smallest absolute Gasteiger partial charge is 0.253 e. The van der Waals surface area contributed by atoms with Gasteiger partial charge in [-0.2, -0.15) is 0 Å². The average Bonchev–Trinajstić information content (AvgIpc) is 2.74. The fourth-order valence-electron chi connectivity index (χ4n) is 3.62. The number of nitrogens with zero attached hydrogens (tertiary/aromatic N) is 2. The van der Waals surface area contributed by atoms with Gasteiger partial charge in [-0.15, -0.1) is 0 Å². The van der Waals surface area contributed by atoms with Crippen LogP contribution < -0.4 is 9.47 Å². The summed E-state index contributed by atoms with van der Waals surface area (Å²) in [5.41, 5.74) is 1.37. The molecule has 0 unspecified atom stereocenters. The second-order valence-corrected chi connectivity index (χ2v) is 8.02. The van der Waals surface area contributed by atoms with E-state index in [1.807, 2.05) is 4.90 Å². The van der Waals surface area contributed by atoms with E-state index in [0.717, 1.165) is 18.4 Å². The molecule has 0 saturated carbocycles. The molecule has 0 bridgehead atoms. The number of hydrogen-bond acceptors (Lipinski definition) is 5. The van der Waals surface area contributed by atoms with Crippen molar-refractivity contribution < 1.29 is 19.1 Å². The standard InChI is InChI=1S/C21H20Cl2N2O4/c22-19-18(3-6-24-20(19)23)28-11-13-4-7-25(8-5-13)21(27)14-1-2-17-15(9-14)10-16(26)12-29-17/h1-3,6,9,13H,4-5,7-8,10-12H2. The van der Waals surface area contributed by atoms with Gasteiger partial charge in [0.05, 0.1) is 6.61 Å². The minimum atomic E-state index is -0.0193. The fraction of sp³-hybridized carbons (Fsp3) is 0.381. The first kappa shape index (κ1) is 20.0. The molecule has 8 heteroatoms. The Bertz CT molecular complexity index is 942. The minimum absolute atomic E-state index is 0.0193. The van der Waals surface area contributed by atoms with Crippen LogP contribution >= 0.6 is 23.2 Å². The number of hydrogen-bond donors (Lipinski definition) is 0. The van der Waals surface area contributed by atoms with Gasteiger partial charge in [-0.3, -0.25) is 9.59 Å². The summed E-state index contributed by atoms with van der Waals surface area (Å²) in [5, 5.41) is 0.540. The van der Waals surface area contributed by atoms with Gasteiger partial charge in [-0.1, -0.05) is 23.2 Å². The predicted octanol–water partition coefficient (Wildman–Crippen LogP) is 3.82. The van der Waals surface area contributed by atoms with Crippen molar-refractivity contribution in [1.29, 1.82) is 0 Å². The zero-order valence-electron chi connectivity index (χ0n) is 15.7. The second-order valence-electron chi connectivity index (χ2n) is 7.29. The number of fused-ring (bicyclic) bond motifs is 1. The van der Waals surface area contributed by atoms with Crippen LogP contribution in [0.1, 0.15) is 28.8 Å². The van der Waals surface area contributed by atoms with Gasteiger partial charge >= 0.3 is 0 Å². The van der Waals surface area contributed by atoms with Crippen molar-refractivity contribution in [2.45, 2.75) is 19.3 Å². The van der Waals surface area contributed by atoms with Crippen molar-refractivity contribution in [3.63, 3.8) is 0 Å². The molecule has 1 amide bonds. The summed E-state index contributed by atoms with van der Waals surface area (Å²) in [6.45, 7) is 1.93. The number of Topliss-reactive ketones (excluding diaryl/α,β-unsaturated/α-hetero) is 1. The number of pyridine rings is 1. The molecule has 2 aliphatic heterocycles. The van der Waals surface area contributed by atoms with Crippen LogP contribution in [0, 0.1) is 5.92 Å². The molecule has 1 saturated heterocycles. The van der Waals surface area contributed by atoms with Crippen molar-refractivity contribution in [1.82, 2.24) is 9.88 Å². The molecule has 2 aromatic rings. The van der Waals surface area contributed by atoms with Crippen LogP contribution in [-0.4, -0.2) is 47.9 Å². The quantitative estimate of drug-likeness (QED) is 0.683. The van der Waals surface area contributed by atoms with Gasteiger partial charge in [0.15, 0.2) is 10.9 Å². The van der Waals surface area contributed by atoms with E-state index in [2.05, 4.69) is 4.98 Å². The number of ether oxygens (including phenoxy) is 2. The van der Waals surface area contributed by atoms with E-state index in [4.69, 9.17) is 32.7 Å². The first-order valence-corrected chi connectivity index (χ1v) is 10.3. The number of benzene rings is 1. The van der Waals surface area contributed by atoms with Crippen LogP contribution in [0.4, 0.5) is 0 Å². The lowest BCUT2D eigenvalue weighted by atomic mass is 9.96. The Morgan fingerprint density at radius 1 is 1.24 bits per heavy atom. The summed E-state index contributed by atoms with van der Waals surface area (Å²) < 4.78 is 11.2. The minimum Gasteiger partial charge on any atom is -0.492 e. The lowest BCUT2D eigenvalue weighted by molar-refractivity contribution is -0.121. The maximum Gasteiger partial charge on any atom is 0.253 e. The van der Waals surface area contributed by atoms with Gasteiger partial charge in [0.2, 0.25) is 0 Å². The molecule has 6 nitrogen and oxygen atoms in total. The highest BCUT2D eigenvalue weighted by Crippen LogP contribution is 2.31. The largest absolute Gasteiger partial charge is 0.492 e. The van der Waals surface area contributed by atoms with E-state index in [1.54, 1.807) is 30.5 Å². The monoisotopic (exact) mass is 434 g/mol. The summed E-state index contributed by atoms with van der Waals surface area (Å²) in [5.74, 6) is 1.55. The van der Waals surface area contributed by atoms with Crippen LogP contribution in [0.2, 0.25) is 10.2 Å². The van der Waals surface area contributed by atoms with Crippen LogP contribution in [0.25, 0.3) is 0 Å². The summed E-state index contributed by atoms with van der Waals surface area (Å²) in [6, 6.07) is 7.01. The number of amides is 1. The number of halogens is 2. The highest BCUT2D eigenvalue weighted by Gasteiger charge is 2.26. The Kier molecular flexibility index (Phi) is 5.92. The highest BCUT2D eigenvalue weighted by molar-refractivity contribution is 6.42. The molecule has 1 aromatic heterocycles. The van der Waals surface area contributed by atoms with Crippen molar-refractivity contribution in [3.05, 3.63) is 51.8 Å². The fourth-order valence-corrected chi connectivity index (χ4v) is 3.94. The molecular weight excluding hydrogens is 415 g/mol. The van der Waals surface area contributed by atoms with E-state index >= 15 is 0 Å². The van der Waals surface area contributed by atoms with Crippen molar-refractivity contribution in [2.75, 3.05) is 26.3 Å². The molecule has 0 spiro atoms. The lowest BCUT2D eigenvalue weighted by Crippen LogP contribution is -2.39. The summed E-state index contributed by atoms with van der Waals surface area (Å²) in [6.07, 6.45) is 3.56. The third kappa shape index (κ3) is 4.49. The SMILES string of the molecule is O=C1COc2ccc(C(=O)N3CCC(COc4ccnc(Cl)c4Cl)CC3)cc2C1. The molecule has 29 heavy (non-hydrogen) atoms. The molecule has 0 atom stereocenters. The zero-order chi connectivity index (χ0) is 20.4. The summed E-state index contributed by atoms with van der Waals surface area (Å²) in [4.78, 5) is 30.2. The first-order valence-electron chi connectivity index (χ1n) is 9.51. The molecule has 0 aliphatic carbocycles. The highest BCUT2D eigenvalue weighted by atomic mass is 35.5. The number of ketones is 1.